The first kappa shape index (κ1) is 21.0. The number of aromatic hydroxyl groups is 1. The molecule has 31 heavy (non-hydrogen) atoms. The number of para-hydroxylation sites is 2. The maximum Gasteiger partial charge on any atom is 0.308 e. The van der Waals surface area contributed by atoms with E-state index in [2.05, 4.69) is 5.43 Å². The Morgan fingerprint density at radius 3 is 2.16 bits per heavy atom. The smallest absolute Gasteiger partial charge is 0.308 e. The minimum absolute atomic E-state index is 0.137. The summed E-state index contributed by atoms with van der Waals surface area (Å²) in [5.41, 5.74) is 4.82. The van der Waals surface area contributed by atoms with E-state index in [4.69, 9.17) is 4.74 Å². The van der Waals surface area contributed by atoms with Gasteiger partial charge in [0.2, 0.25) is 5.91 Å². The zero-order valence-corrected chi connectivity index (χ0v) is 18.1. The molecule has 3 atom stereocenters. The summed E-state index contributed by atoms with van der Waals surface area (Å²) in [6.45, 7) is 2.87. The van der Waals surface area contributed by atoms with Gasteiger partial charge >= 0.3 is 5.97 Å². The summed E-state index contributed by atoms with van der Waals surface area (Å²) in [6, 6.07) is 24.4. The van der Waals surface area contributed by atoms with E-state index in [1.54, 1.807) is 23.2 Å². The van der Waals surface area contributed by atoms with Crippen molar-refractivity contribution in [1.82, 2.24) is 10.4 Å². The van der Waals surface area contributed by atoms with E-state index in [1.165, 1.54) is 13.8 Å². The molecule has 1 saturated heterocycles. The van der Waals surface area contributed by atoms with Gasteiger partial charge in [-0.15, -0.1) is 0 Å². The van der Waals surface area contributed by atoms with Gasteiger partial charge in [-0.3, -0.25) is 14.6 Å². The number of nitrogens with zero attached hydrogens (tertiary/aromatic N) is 1. The SMILES string of the molecule is CC(=O)Oc1ccccc1[C@@H]1NN(C(C)=O)[C@H](c2ccccc2O)[P@]1c1ccccc1. The lowest BCUT2D eigenvalue weighted by molar-refractivity contribution is -0.133. The highest BCUT2D eigenvalue weighted by Gasteiger charge is 2.46. The number of hydrazine groups is 1. The van der Waals surface area contributed by atoms with Crippen LogP contribution >= 0.6 is 7.92 Å². The van der Waals surface area contributed by atoms with E-state index in [-0.39, 0.29) is 17.4 Å². The fraction of sp³-hybridized carbons (Fsp3) is 0.167. The quantitative estimate of drug-likeness (QED) is 0.366. The Labute approximate surface area is 182 Å². The average molecular weight is 434 g/mol. The van der Waals surface area contributed by atoms with Gasteiger partial charge in [0.25, 0.3) is 0 Å². The number of carbonyl (C=O) groups excluding carboxylic acids is 2. The number of rotatable bonds is 4. The molecule has 1 fully saturated rings. The number of ether oxygens (including phenoxy) is 1. The molecule has 1 heterocycles. The molecule has 0 aromatic heterocycles. The molecular weight excluding hydrogens is 411 g/mol. The molecule has 0 radical (unpaired) electrons. The lowest BCUT2D eigenvalue weighted by Gasteiger charge is -2.28. The summed E-state index contributed by atoms with van der Waals surface area (Å²) in [5.74, 6) is -0.678. The number of esters is 1. The van der Waals surface area contributed by atoms with Gasteiger partial charge in [-0.2, -0.15) is 0 Å². The van der Waals surface area contributed by atoms with Crippen LogP contribution in [0.5, 0.6) is 11.5 Å². The molecule has 1 aliphatic heterocycles. The number of phenolic OH excluding ortho intramolecular Hbond substituents is 1. The molecule has 3 aromatic rings. The second-order valence-electron chi connectivity index (χ2n) is 7.23. The Bertz CT molecular complexity index is 1110. The normalized spacial score (nSPS) is 20.5. The van der Waals surface area contributed by atoms with Crippen LogP contribution in [-0.4, -0.2) is 22.0 Å². The van der Waals surface area contributed by atoms with Crippen molar-refractivity contribution in [3.63, 3.8) is 0 Å². The lowest BCUT2D eigenvalue weighted by Crippen LogP contribution is -2.37. The van der Waals surface area contributed by atoms with Gasteiger partial charge < -0.3 is 9.84 Å². The average Bonchev–Trinajstić information content (AvgIpc) is 3.15. The molecule has 4 rings (SSSR count). The number of carbonyl (C=O) groups is 2. The number of phenols is 1. The molecule has 6 nitrogen and oxygen atoms in total. The minimum atomic E-state index is -1.11. The second kappa shape index (κ2) is 8.88. The van der Waals surface area contributed by atoms with Crippen molar-refractivity contribution in [2.75, 3.05) is 0 Å². The van der Waals surface area contributed by atoms with Crippen LogP contribution in [-0.2, 0) is 9.59 Å². The monoisotopic (exact) mass is 434 g/mol. The van der Waals surface area contributed by atoms with Crippen LogP contribution in [0, 0.1) is 0 Å². The highest BCUT2D eigenvalue weighted by Crippen LogP contribution is 2.66. The van der Waals surface area contributed by atoms with Crippen LogP contribution in [0.15, 0.2) is 78.9 Å². The van der Waals surface area contributed by atoms with Crippen molar-refractivity contribution in [2.45, 2.75) is 25.4 Å². The van der Waals surface area contributed by atoms with E-state index in [0.29, 0.717) is 11.3 Å². The van der Waals surface area contributed by atoms with Crippen LogP contribution in [0.2, 0.25) is 0 Å². The van der Waals surface area contributed by atoms with E-state index in [0.717, 1.165) is 10.9 Å². The second-order valence-corrected chi connectivity index (χ2v) is 9.56. The fourth-order valence-electron chi connectivity index (χ4n) is 3.85. The third kappa shape index (κ3) is 4.18. The molecule has 1 amide bonds. The molecule has 7 heteroatoms. The largest absolute Gasteiger partial charge is 0.508 e. The highest BCUT2D eigenvalue weighted by molar-refractivity contribution is 7.66. The molecule has 0 aliphatic carbocycles. The van der Waals surface area contributed by atoms with Crippen LogP contribution in [0.25, 0.3) is 0 Å². The van der Waals surface area contributed by atoms with Gasteiger partial charge in [0, 0.05) is 25.0 Å². The molecule has 3 aromatic carbocycles. The molecule has 158 valence electrons. The Balaban J connectivity index is 1.91. The zero-order chi connectivity index (χ0) is 22.0. The van der Waals surface area contributed by atoms with Crippen molar-refractivity contribution in [2.24, 2.45) is 0 Å². The number of hydrogen-bond acceptors (Lipinski definition) is 5. The number of benzene rings is 3. The fourth-order valence-corrected chi connectivity index (χ4v) is 6.99. The Morgan fingerprint density at radius 1 is 0.903 bits per heavy atom. The first-order chi connectivity index (χ1) is 15.0. The molecule has 0 unspecified atom stereocenters. The summed E-state index contributed by atoms with van der Waals surface area (Å²) in [5, 5.41) is 13.3. The maximum atomic E-state index is 12.7. The third-order valence-electron chi connectivity index (χ3n) is 5.12. The first-order valence-corrected chi connectivity index (χ1v) is 11.4. The van der Waals surface area contributed by atoms with Crippen molar-refractivity contribution in [3.8, 4) is 11.5 Å². The highest BCUT2D eigenvalue weighted by atomic mass is 31.1. The van der Waals surface area contributed by atoms with Gasteiger partial charge in [0.15, 0.2) is 0 Å². The van der Waals surface area contributed by atoms with Crippen LogP contribution in [0.1, 0.15) is 36.5 Å². The topological polar surface area (TPSA) is 78.9 Å². The van der Waals surface area contributed by atoms with Crippen LogP contribution in [0.3, 0.4) is 0 Å². The molecule has 0 spiro atoms. The first-order valence-electron chi connectivity index (χ1n) is 9.92. The Morgan fingerprint density at radius 2 is 1.52 bits per heavy atom. The van der Waals surface area contributed by atoms with Crippen LogP contribution in [0.4, 0.5) is 0 Å². The Kier molecular flexibility index (Phi) is 6.03. The van der Waals surface area contributed by atoms with Crippen molar-refractivity contribution in [1.29, 1.82) is 0 Å². The summed E-state index contributed by atoms with van der Waals surface area (Å²) < 4.78 is 5.48. The molecular formula is C24H23N2O4P. The van der Waals surface area contributed by atoms with E-state index in [1.807, 2.05) is 60.7 Å². The number of amides is 1. The predicted octanol–water partition coefficient (Wildman–Crippen LogP) is 4.19. The van der Waals surface area contributed by atoms with Gasteiger partial charge in [-0.05, 0) is 25.4 Å². The minimum Gasteiger partial charge on any atom is -0.508 e. The predicted molar refractivity (Wildman–Crippen MR) is 120 cm³/mol. The number of nitrogens with one attached hydrogen (secondary N) is 1. The molecule has 1 aliphatic rings. The zero-order valence-electron chi connectivity index (χ0n) is 17.2. The van der Waals surface area contributed by atoms with E-state index in [9.17, 15) is 14.7 Å². The molecule has 0 bridgehead atoms. The molecule has 0 saturated carbocycles. The van der Waals surface area contributed by atoms with Crippen molar-refractivity contribution >= 4 is 25.1 Å². The standard InChI is InChI=1S/C24H23N2O4P/c1-16(27)26-24(19-12-6-8-14-21(19)29)31(18-10-4-3-5-11-18)23(25-26)20-13-7-9-15-22(20)30-17(2)28/h3-15,23-25,29H,1-2H3/t23-,24+,31-/m1/s1. The summed E-state index contributed by atoms with van der Waals surface area (Å²) >= 11 is 0. The third-order valence-corrected chi connectivity index (χ3v) is 8.00. The summed E-state index contributed by atoms with van der Waals surface area (Å²) in [6.07, 6.45) is 0. The van der Waals surface area contributed by atoms with E-state index >= 15 is 0 Å². The summed E-state index contributed by atoms with van der Waals surface area (Å²) in [4.78, 5) is 24.4. The van der Waals surface area contributed by atoms with Gasteiger partial charge in [-0.25, -0.2) is 5.43 Å². The summed E-state index contributed by atoms with van der Waals surface area (Å²) in [7, 11) is -1.11. The number of hydrogen-bond donors (Lipinski definition) is 2. The van der Waals surface area contributed by atoms with Crippen LogP contribution < -0.4 is 15.5 Å². The van der Waals surface area contributed by atoms with Crippen molar-refractivity contribution < 1.29 is 19.4 Å². The maximum absolute atomic E-state index is 12.7. The van der Waals surface area contributed by atoms with Gasteiger partial charge in [0.1, 0.15) is 17.3 Å². The lowest BCUT2D eigenvalue weighted by atomic mass is 10.2. The van der Waals surface area contributed by atoms with Gasteiger partial charge in [0.05, 0.1) is 5.78 Å². The van der Waals surface area contributed by atoms with E-state index < -0.39 is 19.7 Å². The molecule has 2 N–H and O–H groups in total. The van der Waals surface area contributed by atoms with Gasteiger partial charge in [-0.1, -0.05) is 66.7 Å². The van der Waals surface area contributed by atoms with Crippen molar-refractivity contribution in [3.05, 3.63) is 90.0 Å². The Hall–Kier alpha value is -3.21.